The summed E-state index contributed by atoms with van der Waals surface area (Å²) in [6, 6.07) is 9.96. The number of benzene rings is 1. The van der Waals surface area contributed by atoms with Crippen molar-refractivity contribution >= 4 is 10.9 Å². The number of imidazole rings is 2. The van der Waals surface area contributed by atoms with E-state index in [9.17, 15) is 0 Å². The average Bonchev–Trinajstić information content (AvgIpc) is 3.30. The van der Waals surface area contributed by atoms with E-state index in [-0.39, 0.29) is 0 Å². The van der Waals surface area contributed by atoms with Gasteiger partial charge in [-0.15, -0.1) is 0 Å². The lowest BCUT2D eigenvalue weighted by Crippen LogP contribution is -2.04. The molecule has 0 radical (unpaired) electrons. The highest BCUT2D eigenvalue weighted by molar-refractivity contribution is 5.86. The zero-order valence-electron chi connectivity index (χ0n) is 13.3. The molecule has 3 aromatic heterocycles. The topological polar surface area (TPSA) is 68.6 Å². The van der Waals surface area contributed by atoms with Crippen LogP contribution in [-0.4, -0.2) is 31.6 Å². The number of aryl methyl sites for hydroxylation is 2. The van der Waals surface area contributed by atoms with Gasteiger partial charge in [0.05, 0.1) is 13.4 Å². The minimum atomic E-state index is 0.768. The molecule has 3 heterocycles. The summed E-state index contributed by atoms with van der Waals surface area (Å²) in [6.45, 7) is 0.809. The summed E-state index contributed by atoms with van der Waals surface area (Å²) in [6.07, 6.45) is 8.17. The molecule has 0 fully saturated rings. The van der Waals surface area contributed by atoms with Crippen molar-refractivity contribution in [3.05, 3.63) is 60.9 Å². The highest BCUT2D eigenvalue weighted by Crippen LogP contribution is 2.26. The lowest BCUT2D eigenvalue weighted by atomic mass is 10.2. The Morgan fingerprint density at radius 1 is 1.21 bits per heavy atom. The van der Waals surface area contributed by atoms with Gasteiger partial charge in [0.1, 0.15) is 17.0 Å². The van der Waals surface area contributed by atoms with Crippen molar-refractivity contribution in [2.45, 2.75) is 13.0 Å². The van der Waals surface area contributed by atoms with Crippen LogP contribution in [-0.2, 0) is 13.0 Å². The van der Waals surface area contributed by atoms with Crippen molar-refractivity contribution in [3.8, 4) is 17.3 Å². The minimum absolute atomic E-state index is 0.768. The van der Waals surface area contributed by atoms with E-state index in [0.717, 1.165) is 46.8 Å². The standard InChI is InChI=1S/C18H17N5O/c1-24-16-4-2-3-13-5-6-15(22-17(13)16)18-20-8-10-23(18)9-7-14-11-19-12-21-14/h2-6,8,10-12H,7,9H2,1H3,(H,19,21). The number of para-hydroxylation sites is 1. The van der Waals surface area contributed by atoms with Crippen LogP contribution >= 0.6 is 0 Å². The number of hydrogen-bond donors (Lipinski definition) is 1. The summed E-state index contributed by atoms with van der Waals surface area (Å²) >= 11 is 0. The van der Waals surface area contributed by atoms with Crippen LogP contribution in [0.4, 0.5) is 0 Å². The van der Waals surface area contributed by atoms with Crippen LogP contribution in [0.3, 0.4) is 0 Å². The summed E-state index contributed by atoms with van der Waals surface area (Å²) < 4.78 is 7.53. The van der Waals surface area contributed by atoms with E-state index in [0.29, 0.717) is 0 Å². The number of rotatable bonds is 5. The van der Waals surface area contributed by atoms with Gasteiger partial charge in [0.2, 0.25) is 0 Å². The largest absolute Gasteiger partial charge is 0.494 e. The van der Waals surface area contributed by atoms with Crippen LogP contribution in [0, 0.1) is 0 Å². The summed E-state index contributed by atoms with van der Waals surface area (Å²) in [5.74, 6) is 1.62. The van der Waals surface area contributed by atoms with Gasteiger partial charge in [0.15, 0.2) is 5.82 Å². The molecule has 0 bridgehead atoms. The molecular weight excluding hydrogens is 302 g/mol. The van der Waals surface area contributed by atoms with Gasteiger partial charge in [-0.1, -0.05) is 18.2 Å². The van der Waals surface area contributed by atoms with Gasteiger partial charge < -0.3 is 14.3 Å². The smallest absolute Gasteiger partial charge is 0.158 e. The fourth-order valence-corrected chi connectivity index (χ4v) is 2.79. The van der Waals surface area contributed by atoms with Crippen LogP contribution in [0.1, 0.15) is 5.69 Å². The molecule has 120 valence electrons. The minimum Gasteiger partial charge on any atom is -0.494 e. The molecule has 4 aromatic rings. The second kappa shape index (κ2) is 6.16. The second-order valence-corrected chi connectivity index (χ2v) is 5.50. The summed E-state index contributed by atoms with van der Waals surface area (Å²) in [4.78, 5) is 16.4. The average molecular weight is 319 g/mol. The molecule has 6 heteroatoms. The number of fused-ring (bicyclic) bond motifs is 1. The molecular formula is C18H17N5O. The van der Waals surface area contributed by atoms with Crippen molar-refractivity contribution < 1.29 is 4.74 Å². The fourth-order valence-electron chi connectivity index (χ4n) is 2.79. The van der Waals surface area contributed by atoms with Crippen molar-refractivity contribution in [3.63, 3.8) is 0 Å². The predicted molar refractivity (Wildman–Crippen MR) is 91.8 cm³/mol. The van der Waals surface area contributed by atoms with E-state index < -0.39 is 0 Å². The Balaban J connectivity index is 1.69. The number of H-pyrrole nitrogens is 1. The third-order valence-electron chi connectivity index (χ3n) is 4.02. The monoisotopic (exact) mass is 319 g/mol. The molecule has 24 heavy (non-hydrogen) atoms. The molecule has 0 saturated carbocycles. The van der Waals surface area contributed by atoms with E-state index in [2.05, 4.69) is 19.5 Å². The zero-order valence-corrected chi connectivity index (χ0v) is 13.3. The van der Waals surface area contributed by atoms with Gasteiger partial charge in [-0.05, 0) is 12.1 Å². The van der Waals surface area contributed by atoms with Crippen LogP contribution < -0.4 is 4.74 Å². The SMILES string of the molecule is COc1cccc2ccc(-c3nccn3CCc3cnc[nH]3)nc12. The van der Waals surface area contributed by atoms with Crippen LogP contribution in [0.5, 0.6) is 5.75 Å². The number of ether oxygens (including phenoxy) is 1. The van der Waals surface area contributed by atoms with Gasteiger partial charge in [-0.2, -0.15) is 0 Å². The maximum Gasteiger partial charge on any atom is 0.158 e. The van der Waals surface area contributed by atoms with Crippen molar-refractivity contribution in [2.24, 2.45) is 0 Å². The number of nitrogens with zero attached hydrogens (tertiary/aromatic N) is 4. The molecule has 6 nitrogen and oxygen atoms in total. The Hall–Kier alpha value is -3.15. The van der Waals surface area contributed by atoms with Crippen molar-refractivity contribution in [1.29, 1.82) is 0 Å². The molecule has 0 aliphatic heterocycles. The molecule has 0 unspecified atom stereocenters. The van der Waals surface area contributed by atoms with E-state index in [1.54, 1.807) is 19.6 Å². The molecule has 1 N–H and O–H groups in total. The Morgan fingerprint density at radius 3 is 3.00 bits per heavy atom. The molecule has 0 atom stereocenters. The van der Waals surface area contributed by atoms with Crippen molar-refractivity contribution in [2.75, 3.05) is 7.11 Å². The third-order valence-corrected chi connectivity index (χ3v) is 4.02. The van der Waals surface area contributed by atoms with Gasteiger partial charge in [0.25, 0.3) is 0 Å². The molecule has 0 saturated heterocycles. The van der Waals surface area contributed by atoms with Gasteiger partial charge in [0, 0.05) is 42.6 Å². The normalized spacial score (nSPS) is 11.0. The maximum atomic E-state index is 5.43. The third kappa shape index (κ3) is 2.62. The van der Waals surface area contributed by atoms with Gasteiger partial charge in [-0.25, -0.2) is 15.0 Å². The van der Waals surface area contributed by atoms with Crippen LogP contribution in [0.25, 0.3) is 22.4 Å². The number of aromatic amines is 1. The Bertz CT molecular complexity index is 959. The van der Waals surface area contributed by atoms with Gasteiger partial charge in [-0.3, -0.25) is 0 Å². The molecule has 0 amide bonds. The quantitative estimate of drug-likeness (QED) is 0.614. The predicted octanol–water partition coefficient (Wildman–Crippen LogP) is 3.07. The summed E-state index contributed by atoms with van der Waals surface area (Å²) in [5, 5.41) is 1.05. The summed E-state index contributed by atoms with van der Waals surface area (Å²) in [7, 11) is 1.66. The maximum absolute atomic E-state index is 5.43. The number of nitrogens with one attached hydrogen (secondary N) is 1. The van der Waals surface area contributed by atoms with E-state index in [1.807, 2.05) is 42.7 Å². The first-order chi connectivity index (χ1) is 11.8. The first-order valence-electron chi connectivity index (χ1n) is 7.77. The molecule has 1 aromatic carbocycles. The number of methoxy groups -OCH3 is 1. The second-order valence-electron chi connectivity index (χ2n) is 5.50. The van der Waals surface area contributed by atoms with Crippen LogP contribution in [0.15, 0.2) is 55.2 Å². The molecule has 0 spiro atoms. The zero-order chi connectivity index (χ0) is 16.4. The van der Waals surface area contributed by atoms with E-state index in [4.69, 9.17) is 9.72 Å². The van der Waals surface area contributed by atoms with E-state index >= 15 is 0 Å². The lowest BCUT2D eigenvalue weighted by Gasteiger charge is -2.09. The van der Waals surface area contributed by atoms with Crippen molar-refractivity contribution in [1.82, 2.24) is 24.5 Å². The highest BCUT2D eigenvalue weighted by atomic mass is 16.5. The van der Waals surface area contributed by atoms with Crippen LogP contribution in [0.2, 0.25) is 0 Å². The Labute approximate surface area is 139 Å². The Kier molecular flexibility index (Phi) is 3.70. The number of hydrogen-bond acceptors (Lipinski definition) is 4. The highest BCUT2D eigenvalue weighted by Gasteiger charge is 2.10. The van der Waals surface area contributed by atoms with Gasteiger partial charge >= 0.3 is 0 Å². The lowest BCUT2D eigenvalue weighted by molar-refractivity contribution is 0.419. The number of pyridine rings is 1. The molecule has 4 rings (SSSR count). The first kappa shape index (κ1) is 14.4. The molecule has 0 aliphatic carbocycles. The first-order valence-corrected chi connectivity index (χ1v) is 7.77. The summed E-state index contributed by atoms with van der Waals surface area (Å²) in [5.41, 5.74) is 2.78. The molecule has 0 aliphatic rings. The van der Waals surface area contributed by atoms with E-state index in [1.165, 1.54) is 0 Å². The Morgan fingerprint density at radius 2 is 2.17 bits per heavy atom. The number of aromatic nitrogens is 5. The fraction of sp³-hybridized carbons (Fsp3) is 0.167.